The first-order valence-electron chi connectivity index (χ1n) is 3.93. The molecule has 0 fully saturated rings. The summed E-state index contributed by atoms with van der Waals surface area (Å²) in [5, 5.41) is 7.50. The highest BCUT2D eigenvalue weighted by atomic mass is 35.5. The van der Waals surface area contributed by atoms with Crippen LogP contribution in [0.4, 0.5) is 0 Å². The maximum Gasteiger partial charge on any atom is 0.0727 e. The summed E-state index contributed by atoms with van der Waals surface area (Å²) in [7, 11) is 0. The van der Waals surface area contributed by atoms with Gasteiger partial charge in [0.25, 0.3) is 0 Å². The molecule has 1 atom stereocenters. The van der Waals surface area contributed by atoms with Crippen LogP contribution < -0.4 is 5.73 Å². The van der Waals surface area contributed by atoms with E-state index >= 15 is 0 Å². The predicted octanol–water partition coefficient (Wildman–Crippen LogP) is 2.54. The zero-order valence-electron chi connectivity index (χ0n) is 7.59. The van der Waals surface area contributed by atoms with E-state index in [1.54, 1.807) is 0 Å². The molecule has 72 valence electrons. The highest BCUT2D eigenvalue weighted by molar-refractivity contribution is 7.80. The van der Waals surface area contributed by atoms with Crippen LogP contribution in [0.2, 0.25) is 0 Å². The number of nitrogens with two attached hydrogens (primary N) is 1. The minimum atomic E-state index is 0. The molecule has 0 radical (unpaired) electrons. The van der Waals surface area contributed by atoms with Crippen molar-refractivity contribution in [2.24, 2.45) is 11.7 Å². The molecule has 1 unspecified atom stereocenters. The van der Waals surface area contributed by atoms with Crippen molar-refractivity contribution in [3.63, 3.8) is 0 Å². The van der Waals surface area contributed by atoms with Gasteiger partial charge in [-0.2, -0.15) is 0 Å². The zero-order valence-corrected chi connectivity index (χ0v) is 9.23. The van der Waals surface area contributed by atoms with Crippen LogP contribution in [0.1, 0.15) is 33.1 Å². The van der Waals surface area contributed by atoms with Crippen molar-refractivity contribution in [2.45, 2.75) is 33.1 Å². The summed E-state index contributed by atoms with van der Waals surface area (Å²) in [6.07, 6.45) is 2.51. The minimum Gasteiger partial charge on any atom is -0.393 e. The van der Waals surface area contributed by atoms with E-state index in [-0.39, 0.29) is 12.4 Å². The standard InChI is InChI=1S/C8H16N2S.ClH/c1-3-7(9)6(2)4-5-8(10)11;/h6,9H,3-5H2,1-2H3,(H2,10,11);1H. The fraction of sp³-hybridized carbons (Fsp3) is 0.750. The SMILES string of the molecule is CCC(=N)C(C)CCC(N)=S.Cl. The molecular formula is C8H17ClN2S. The quantitative estimate of drug-likeness (QED) is 0.539. The molecular weight excluding hydrogens is 192 g/mol. The van der Waals surface area contributed by atoms with Gasteiger partial charge in [0, 0.05) is 5.71 Å². The number of hydrogen-bond acceptors (Lipinski definition) is 2. The summed E-state index contributed by atoms with van der Waals surface area (Å²) < 4.78 is 0. The molecule has 0 aliphatic rings. The molecule has 0 saturated heterocycles. The molecule has 2 nitrogen and oxygen atoms in total. The number of rotatable bonds is 5. The van der Waals surface area contributed by atoms with Crippen LogP contribution in [-0.4, -0.2) is 10.7 Å². The van der Waals surface area contributed by atoms with Crippen LogP contribution in [0.25, 0.3) is 0 Å². The molecule has 4 heteroatoms. The van der Waals surface area contributed by atoms with Gasteiger partial charge < -0.3 is 11.1 Å². The topological polar surface area (TPSA) is 49.9 Å². The Balaban J connectivity index is 0. The largest absolute Gasteiger partial charge is 0.393 e. The van der Waals surface area contributed by atoms with E-state index < -0.39 is 0 Å². The second-order valence-electron chi connectivity index (χ2n) is 2.78. The van der Waals surface area contributed by atoms with Crippen LogP contribution >= 0.6 is 24.6 Å². The fourth-order valence-electron chi connectivity index (χ4n) is 0.881. The molecule has 0 aromatic carbocycles. The van der Waals surface area contributed by atoms with Gasteiger partial charge in [-0.15, -0.1) is 12.4 Å². The van der Waals surface area contributed by atoms with Gasteiger partial charge >= 0.3 is 0 Å². The van der Waals surface area contributed by atoms with Crippen molar-refractivity contribution in [2.75, 3.05) is 0 Å². The summed E-state index contributed by atoms with van der Waals surface area (Å²) in [5.74, 6) is 0.335. The molecule has 3 N–H and O–H groups in total. The summed E-state index contributed by atoms with van der Waals surface area (Å²) in [6, 6.07) is 0. The van der Waals surface area contributed by atoms with Crippen molar-refractivity contribution in [3.8, 4) is 0 Å². The summed E-state index contributed by atoms with van der Waals surface area (Å²) in [5.41, 5.74) is 6.14. The first kappa shape index (κ1) is 14.4. The van der Waals surface area contributed by atoms with Crippen molar-refractivity contribution >= 4 is 35.3 Å². The van der Waals surface area contributed by atoms with Crippen molar-refractivity contribution in [3.05, 3.63) is 0 Å². The molecule has 0 saturated carbocycles. The first-order chi connectivity index (χ1) is 5.07. The first-order valence-corrected chi connectivity index (χ1v) is 4.34. The average molecular weight is 209 g/mol. The van der Waals surface area contributed by atoms with E-state index in [0.29, 0.717) is 10.9 Å². The van der Waals surface area contributed by atoms with Gasteiger partial charge in [-0.3, -0.25) is 0 Å². The Bertz CT molecular complexity index is 159. The lowest BCUT2D eigenvalue weighted by atomic mass is 9.98. The highest BCUT2D eigenvalue weighted by Gasteiger charge is 2.06. The normalized spacial score (nSPS) is 11.5. The van der Waals surface area contributed by atoms with Crippen molar-refractivity contribution in [1.29, 1.82) is 5.41 Å². The number of nitrogens with one attached hydrogen (secondary N) is 1. The summed E-state index contributed by atoms with van der Waals surface area (Å²) in [4.78, 5) is 0.556. The molecule has 0 amide bonds. The molecule has 0 heterocycles. The molecule has 0 aliphatic heterocycles. The number of hydrogen-bond donors (Lipinski definition) is 2. The smallest absolute Gasteiger partial charge is 0.0727 e. The zero-order chi connectivity index (χ0) is 8.85. The van der Waals surface area contributed by atoms with E-state index in [9.17, 15) is 0 Å². The van der Waals surface area contributed by atoms with E-state index in [1.807, 2.05) is 13.8 Å². The Morgan fingerprint density at radius 2 is 2.08 bits per heavy atom. The lowest BCUT2D eigenvalue weighted by molar-refractivity contribution is 0.692. The Labute approximate surface area is 85.8 Å². The molecule has 0 aromatic heterocycles. The molecule has 0 aromatic rings. The molecule has 0 spiro atoms. The number of thiocarbonyl (C=S) groups is 1. The second-order valence-corrected chi connectivity index (χ2v) is 3.31. The van der Waals surface area contributed by atoms with Gasteiger partial charge in [-0.1, -0.05) is 26.1 Å². The van der Waals surface area contributed by atoms with Gasteiger partial charge in [-0.25, -0.2) is 0 Å². The Morgan fingerprint density at radius 1 is 1.58 bits per heavy atom. The van der Waals surface area contributed by atoms with Gasteiger partial charge in [0.1, 0.15) is 0 Å². The van der Waals surface area contributed by atoms with Gasteiger partial charge in [0.2, 0.25) is 0 Å². The van der Waals surface area contributed by atoms with E-state index in [4.69, 9.17) is 23.4 Å². The monoisotopic (exact) mass is 208 g/mol. The van der Waals surface area contributed by atoms with Crippen LogP contribution in [0.5, 0.6) is 0 Å². The van der Waals surface area contributed by atoms with Crippen LogP contribution in [0.3, 0.4) is 0 Å². The van der Waals surface area contributed by atoms with Gasteiger partial charge in [-0.05, 0) is 25.2 Å². The fourth-order valence-corrected chi connectivity index (χ4v) is 0.999. The second kappa shape index (κ2) is 7.50. The third-order valence-corrected chi connectivity index (χ3v) is 2.00. The van der Waals surface area contributed by atoms with Gasteiger partial charge in [0.05, 0.1) is 4.99 Å². The lowest BCUT2D eigenvalue weighted by Crippen LogP contribution is -2.13. The maximum absolute atomic E-state index is 7.50. The molecule has 0 bridgehead atoms. The maximum atomic E-state index is 7.50. The molecule has 12 heavy (non-hydrogen) atoms. The summed E-state index contributed by atoms with van der Waals surface area (Å²) in [6.45, 7) is 4.05. The van der Waals surface area contributed by atoms with Crippen molar-refractivity contribution in [1.82, 2.24) is 0 Å². The third-order valence-electron chi connectivity index (χ3n) is 1.80. The van der Waals surface area contributed by atoms with Crippen LogP contribution in [0, 0.1) is 11.3 Å². The van der Waals surface area contributed by atoms with Crippen molar-refractivity contribution < 1.29 is 0 Å². The predicted molar refractivity (Wildman–Crippen MR) is 60.4 cm³/mol. The Morgan fingerprint density at radius 3 is 2.42 bits per heavy atom. The Hall–Kier alpha value is -0.150. The number of halogens is 1. The third kappa shape index (κ3) is 6.55. The summed E-state index contributed by atoms with van der Waals surface area (Å²) >= 11 is 4.74. The Kier molecular flexibility index (Phi) is 8.98. The van der Waals surface area contributed by atoms with Gasteiger partial charge in [0.15, 0.2) is 0 Å². The molecule has 0 aliphatic carbocycles. The highest BCUT2D eigenvalue weighted by Crippen LogP contribution is 2.08. The van der Waals surface area contributed by atoms with E-state index in [1.165, 1.54) is 0 Å². The molecule has 0 rings (SSSR count). The van der Waals surface area contributed by atoms with Crippen LogP contribution in [-0.2, 0) is 0 Å². The average Bonchev–Trinajstić information content (AvgIpc) is 1.98. The lowest BCUT2D eigenvalue weighted by Gasteiger charge is -2.09. The van der Waals surface area contributed by atoms with E-state index in [0.717, 1.165) is 25.0 Å². The van der Waals surface area contributed by atoms with E-state index in [2.05, 4.69) is 0 Å². The van der Waals surface area contributed by atoms with Crippen LogP contribution in [0.15, 0.2) is 0 Å². The minimum absolute atomic E-state index is 0.